The van der Waals surface area contributed by atoms with Crippen LogP contribution in [0.3, 0.4) is 0 Å². The summed E-state index contributed by atoms with van der Waals surface area (Å²) in [5.41, 5.74) is 0. The van der Waals surface area contributed by atoms with Crippen LogP contribution in [0, 0.1) is 0 Å². The van der Waals surface area contributed by atoms with Gasteiger partial charge < -0.3 is 5.32 Å². The number of likely N-dealkylation sites (N-methyl/N-ethyl adjacent to an activating group) is 1. The molecule has 0 amide bonds. The van der Waals surface area contributed by atoms with Gasteiger partial charge in [-0.3, -0.25) is 4.90 Å². The lowest BCUT2D eigenvalue weighted by Crippen LogP contribution is -2.35. The molecule has 1 saturated heterocycles. The number of hydrogen-bond donors (Lipinski definition) is 1. The topological polar surface area (TPSA) is 15.3 Å². The van der Waals surface area contributed by atoms with E-state index in [9.17, 15) is 4.39 Å². The van der Waals surface area contributed by atoms with Gasteiger partial charge in [0.25, 0.3) is 0 Å². The SMILES string of the molecule is CNC1CN(C(C)C)CC1F. The molecule has 1 aliphatic rings. The lowest BCUT2D eigenvalue weighted by Gasteiger charge is -2.19. The minimum atomic E-state index is -0.692. The maximum atomic E-state index is 13.1. The van der Waals surface area contributed by atoms with Crippen molar-refractivity contribution < 1.29 is 4.39 Å². The maximum absolute atomic E-state index is 13.1. The minimum Gasteiger partial charge on any atom is -0.313 e. The first-order valence-electron chi connectivity index (χ1n) is 4.20. The van der Waals surface area contributed by atoms with Crippen LogP contribution in [0.15, 0.2) is 0 Å². The third-order valence-electron chi connectivity index (χ3n) is 2.38. The average Bonchev–Trinajstić information content (AvgIpc) is 2.31. The molecule has 0 bridgehead atoms. The Morgan fingerprint density at radius 1 is 1.45 bits per heavy atom. The van der Waals surface area contributed by atoms with Gasteiger partial charge in [-0.2, -0.15) is 0 Å². The molecule has 0 spiro atoms. The van der Waals surface area contributed by atoms with Gasteiger partial charge in [-0.15, -0.1) is 0 Å². The molecule has 3 heteroatoms. The molecule has 2 unspecified atom stereocenters. The molecule has 1 N–H and O–H groups in total. The summed E-state index contributed by atoms with van der Waals surface area (Å²) in [6.07, 6.45) is -0.692. The zero-order valence-electron chi connectivity index (χ0n) is 7.47. The van der Waals surface area contributed by atoms with Crippen LogP contribution in [-0.2, 0) is 0 Å². The predicted molar refractivity (Wildman–Crippen MR) is 44.5 cm³/mol. The molecule has 2 nitrogen and oxygen atoms in total. The Hall–Kier alpha value is -0.150. The van der Waals surface area contributed by atoms with Crippen LogP contribution in [0.4, 0.5) is 4.39 Å². The Labute approximate surface area is 67.8 Å². The molecular weight excluding hydrogens is 143 g/mol. The lowest BCUT2D eigenvalue weighted by atomic mass is 10.2. The predicted octanol–water partition coefficient (Wildman–Crippen LogP) is 0.636. The molecule has 0 aliphatic carbocycles. The Balaban J connectivity index is 2.43. The Bertz CT molecular complexity index is 127. The van der Waals surface area contributed by atoms with Crippen LogP contribution < -0.4 is 5.32 Å². The number of hydrogen-bond acceptors (Lipinski definition) is 2. The van der Waals surface area contributed by atoms with Gasteiger partial charge in [-0.25, -0.2) is 4.39 Å². The van der Waals surface area contributed by atoms with Gasteiger partial charge >= 0.3 is 0 Å². The summed E-state index contributed by atoms with van der Waals surface area (Å²) in [5.74, 6) is 0. The first kappa shape index (κ1) is 8.94. The molecule has 0 saturated carbocycles. The van der Waals surface area contributed by atoms with Crippen molar-refractivity contribution in [2.75, 3.05) is 20.1 Å². The van der Waals surface area contributed by atoms with Crippen LogP contribution in [0.25, 0.3) is 0 Å². The molecule has 0 aromatic rings. The van der Waals surface area contributed by atoms with Crippen molar-refractivity contribution in [3.05, 3.63) is 0 Å². The number of likely N-dealkylation sites (tertiary alicyclic amines) is 1. The molecular formula is C8H17FN2. The number of alkyl halides is 1. The second-order valence-corrected chi connectivity index (χ2v) is 3.46. The zero-order valence-corrected chi connectivity index (χ0v) is 7.47. The first-order valence-corrected chi connectivity index (χ1v) is 4.20. The van der Waals surface area contributed by atoms with Gasteiger partial charge in [0.2, 0.25) is 0 Å². The highest BCUT2D eigenvalue weighted by atomic mass is 19.1. The van der Waals surface area contributed by atoms with E-state index in [1.165, 1.54) is 0 Å². The lowest BCUT2D eigenvalue weighted by molar-refractivity contribution is 0.245. The molecule has 66 valence electrons. The number of nitrogens with zero attached hydrogens (tertiary/aromatic N) is 1. The normalized spacial score (nSPS) is 33.5. The van der Waals surface area contributed by atoms with Gasteiger partial charge in [0, 0.05) is 19.1 Å². The van der Waals surface area contributed by atoms with E-state index in [0.717, 1.165) is 6.54 Å². The van der Waals surface area contributed by atoms with Crippen LogP contribution in [-0.4, -0.2) is 43.3 Å². The second-order valence-electron chi connectivity index (χ2n) is 3.46. The molecule has 1 heterocycles. The standard InChI is InChI=1S/C8H17FN2/c1-6(2)11-4-7(9)8(5-11)10-3/h6-8,10H,4-5H2,1-3H3. The van der Waals surface area contributed by atoms with Crippen LogP contribution in [0.2, 0.25) is 0 Å². The first-order chi connectivity index (χ1) is 5.15. The molecule has 2 atom stereocenters. The fraction of sp³-hybridized carbons (Fsp3) is 1.00. The highest BCUT2D eigenvalue weighted by Crippen LogP contribution is 2.15. The van der Waals surface area contributed by atoms with E-state index in [4.69, 9.17) is 0 Å². The van der Waals surface area contributed by atoms with Gasteiger partial charge in [-0.05, 0) is 20.9 Å². The maximum Gasteiger partial charge on any atom is 0.129 e. The summed E-state index contributed by atoms with van der Waals surface area (Å²) in [4.78, 5) is 2.16. The monoisotopic (exact) mass is 160 g/mol. The summed E-state index contributed by atoms with van der Waals surface area (Å²) in [7, 11) is 1.82. The fourth-order valence-electron chi connectivity index (χ4n) is 1.49. The number of halogens is 1. The Morgan fingerprint density at radius 3 is 2.36 bits per heavy atom. The van der Waals surface area contributed by atoms with E-state index < -0.39 is 6.17 Å². The number of nitrogens with one attached hydrogen (secondary N) is 1. The number of rotatable bonds is 2. The van der Waals surface area contributed by atoms with E-state index in [1.54, 1.807) is 0 Å². The third kappa shape index (κ3) is 1.91. The fourth-order valence-corrected chi connectivity index (χ4v) is 1.49. The Morgan fingerprint density at radius 2 is 2.09 bits per heavy atom. The summed E-state index contributed by atoms with van der Waals surface area (Å²) in [5, 5.41) is 2.98. The van der Waals surface area contributed by atoms with Gasteiger partial charge in [0.05, 0.1) is 6.04 Å². The van der Waals surface area contributed by atoms with Crippen molar-refractivity contribution in [2.24, 2.45) is 0 Å². The molecule has 1 rings (SSSR count). The molecule has 0 aromatic heterocycles. The van der Waals surface area contributed by atoms with Gasteiger partial charge in [-0.1, -0.05) is 0 Å². The minimum absolute atomic E-state index is 0.0393. The largest absolute Gasteiger partial charge is 0.313 e. The summed E-state index contributed by atoms with van der Waals surface area (Å²) in [6.45, 7) is 5.63. The van der Waals surface area contributed by atoms with Crippen LogP contribution in [0.5, 0.6) is 0 Å². The van der Waals surface area contributed by atoms with Crippen LogP contribution in [0.1, 0.15) is 13.8 Å². The quantitative estimate of drug-likeness (QED) is 0.637. The molecule has 1 fully saturated rings. The highest BCUT2D eigenvalue weighted by Gasteiger charge is 2.32. The second kappa shape index (κ2) is 3.50. The van der Waals surface area contributed by atoms with E-state index in [-0.39, 0.29) is 6.04 Å². The van der Waals surface area contributed by atoms with Gasteiger partial charge in [0.1, 0.15) is 6.17 Å². The molecule has 1 aliphatic heterocycles. The van der Waals surface area contributed by atoms with Crippen molar-refractivity contribution in [2.45, 2.75) is 32.1 Å². The van der Waals surface area contributed by atoms with Gasteiger partial charge in [0.15, 0.2) is 0 Å². The van der Waals surface area contributed by atoms with Crippen molar-refractivity contribution >= 4 is 0 Å². The average molecular weight is 160 g/mol. The van der Waals surface area contributed by atoms with Crippen molar-refractivity contribution in [1.82, 2.24) is 10.2 Å². The zero-order chi connectivity index (χ0) is 8.43. The molecule has 0 aromatic carbocycles. The van der Waals surface area contributed by atoms with Crippen molar-refractivity contribution in [1.29, 1.82) is 0 Å². The van der Waals surface area contributed by atoms with E-state index in [0.29, 0.717) is 12.6 Å². The van der Waals surface area contributed by atoms with Crippen molar-refractivity contribution in [3.63, 3.8) is 0 Å². The van der Waals surface area contributed by atoms with E-state index >= 15 is 0 Å². The molecule has 11 heavy (non-hydrogen) atoms. The summed E-state index contributed by atoms with van der Waals surface area (Å²) in [6, 6.07) is 0.504. The van der Waals surface area contributed by atoms with Crippen LogP contribution >= 0.6 is 0 Å². The summed E-state index contributed by atoms with van der Waals surface area (Å²) >= 11 is 0. The smallest absolute Gasteiger partial charge is 0.129 e. The third-order valence-corrected chi connectivity index (χ3v) is 2.38. The van der Waals surface area contributed by atoms with E-state index in [1.807, 2.05) is 7.05 Å². The molecule has 0 radical (unpaired) electrons. The Kier molecular flexibility index (Phi) is 2.84. The summed E-state index contributed by atoms with van der Waals surface area (Å²) < 4.78 is 13.1. The van der Waals surface area contributed by atoms with Crippen molar-refractivity contribution in [3.8, 4) is 0 Å². The highest BCUT2D eigenvalue weighted by molar-refractivity contribution is 4.89. The van der Waals surface area contributed by atoms with E-state index in [2.05, 4.69) is 24.1 Å².